The van der Waals surface area contributed by atoms with Gasteiger partial charge in [-0.25, -0.2) is 0 Å². The van der Waals surface area contributed by atoms with Gasteiger partial charge >= 0.3 is 5.97 Å². The van der Waals surface area contributed by atoms with Gasteiger partial charge in [0, 0.05) is 17.8 Å². The van der Waals surface area contributed by atoms with Crippen LogP contribution in [-0.2, 0) is 19.1 Å². The number of carbonyl (C=O) groups is 2. The topological polar surface area (TPSA) is 96.3 Å². The van der Waals surface area contributed by atoms with E-state index >= 15 is 0 Å². The number of carbonyl (C=O) groups excluding carboxylic acids is 2. The number of esters is 1. The Labute approximate surface area is 203 Å². The number of hydrogen-bond acceptors (Lipinski definition) is 7. The van der Waals surface area contributed by atoms with Crippen LogP contribution >= 0.6 is 0 Å². The second-order valence-corrected chi connectivity index (χ2v) is 12.5. The molecule has 2 aliphatic heterocycles. The van der Waals surface area contributed by atoms with Crippen molar-refractivity contribution in [1.29, 1.82) is 0 Å². The van der Waals surface area contributed by atoms with Crippen LogP contribution in [0.2, 0.25) is 0 Å². The maximum Gasteiger partial charge on any atom is 0.320 e. The Bertz CT molecular complexity index is 837. The molecule has 0 spiro atoms. The summed E-state index contributed by atoms with van der Waals surface area (Å²) < 4.78 is 12.6. The van der Waals surface area contributed by atoms with Crippen molar-refractivity contribution < 1.29 is 29.3 Å². The molecule has 2 saturated heterocycles. The molecule has 4 fully saturated rings. The zero-order chi connectivity index (χ0) is 25.1. The quantitative estimate of drug-likeness (QED) is 0.475. The fourth-order valence-corrected chi connectivity index (χ4v) is 8.00. The first-order valence-electron chi connectivity index (χ1n) is 12.9. The molecule has 0 aromatic carbocycles. The normalized spacial score (nSPS) is 46.8. The van der Waals surface area contributed by atoms with Crippen LogP contribution < -0.4 is 0 Å². The number of rotatable bonds is 4. The number of piperidine rings is 1. The molecule has 7 nitrogen and oxygen atoms in total. The second kappa shape index (κ2) is 8.68. The Morgan fingerprint density at radius 2 is 1.82 bits per heavy atom. The lowest BCUT2D eigenvalue weighted by Crippen LogP contribution is -2.77. The minimum atomic E-state index is -1.33. The molecule has 0 aromatic heterocycles. The average molecular weight is 478 g/mol. The molecule has 4 aliphatic rings. The van der Waals surface area contributed by atoms with Gasteiger partial charge in [0.15, 0.2) is 0 Å². The second-order valence-electron chi connectivity index (χ2n) is 12.5. The third-order valence-electron chi connectivity index (χ3n) is 9.52. The fourth-order valence-electron chi connectivity index (χ4n) is 8.00. The maximum absolute atomic E-state index is 13.7. The highest BCUT2D eigenvalue weighted by molar-refractivity contribution is 5.86. The minimum Gasteiger partial charge on any atom is -0.458 e. The summed E-state index contributed by atoms with van der Waals surface area (Å²) in [4.78, 5) is 28.9. The Morgan fingerprint density at radius 1 is 1.18 bits per heavy atom. The van der Waals surface area contributed by atoms with Crippen molar-refractivity contribution in [2.24, 2.45) is 22.7 Å². The Kier molecular flexibility index (Phi) is 6.59. The third-order valence-corrected chi connectivity index (χ3v) is 9.52. The molecular weight excluding hydrogens is 434 g/mol. The molecule has 0 radical (unpaired) electrons. The summed E-state index contributed by atoms with van der Waals surface area (Å²) in [5, 5.41) is 23.2. The first-order chi connectivity index (χ1) is 15.8. The number of fused-ring (bicyclic) bond motifs is 3. The highest BCUT2D eigenvalue weighted by atomic mass is 16.6. The van der Waals surface area contributed by atoms with Crippen molar-refractivity contribution in [3.05, 3.63) is 12.7 Å². The van der Waals surface area contributed by atoms with Crippen molar-refractivity contribution in [3.8, 4) is 0 Å². The van der Waals surface area contributed by atoms with E-state index < -0.39 is 46.8 Å². The van der Waals surface area contributed by atoms with Crippen LogP contribution in [0.15, 0.2) is 12.7 Å². The van der Waals surface area contributed by atoms with E-state index in [4.69, 9.17) is 9.47 Å². The van der Waals surface area contributed by atoms with Crippen LogP contribution in [0.3, 0.4) is 0 Å². The smallest absolute Gasteiger partial charge is 0.320 e. The molecule has 2 heterocycles. The van der Waals surface area contributed by atoms with E-state index in [2.05, 4.69) is 25.3 Å². The lowest BCUT2D eigenvalue weighted by Gasteiger charge is -2.68. The number of aliphatic hydroxyl groups is 2. The van der Waals surface area contributed by atoms with Gasteiger partial charge in [0.2, 0.25) is 0 Å². The number of nitrogens with zero attached hydrogens (tertiary/aromatic N) is 1. The van der Waals surface area contributed by atoms with Crippen molar-refractivity contribution >= 4 is 11.8 Å². The summed E-state index contributed by atoms with van der Waals surface area (Å²) in [5.41, 5.74) is -3.53. The van der Waals surface area contributed by atoms with Gasteiger partial charge in [0.25, 0.3) is 0 Å². The summed E-state index contributed by atoms with van der Waals surface area (Å²) >= 11 is 0. The van der Waals surface area contributed by atoms with Gasteiger partial charge in [0.05, 0.1) is 24.2 Å². The number of likely N-dealkylation sites (tertiary alicyclic amines) is 1. The maximum atomic E-state index is 13.7. The van der Waals surface area contributed by atoms with Gasteiger partial charge in [-0.2, -0.15) is 0 Å². The largest absolute Gasteiger partial charge is 0.458 e. The Balaban J connectivity index is 1.75. The average Bonchev–Trinajstić information content (AvgIpc) is 2.74. The number of Topliss-reactive ketones (excluding diaryl/α,β-unsaturated/α-hetero) is 1. The van der Waals surface area contributed by atoms with Gasteiger partial charge in [-0.05, 0) is 58.0 Å². The summed E-state index contributed by atoms with van der Waals surface area (Å²) in [7, 11) is 0. The number of hydrogen-bond donors (Lipinski definition) is 2. The standard InChI is InChI=1S/C27H43NO6/c1-7-25(4)15-17(29)21-26(5)18(30)11-12-24(2,3)22(26)20(23(32)27(21,6)34-25)33-19(31)16-28-13-9-8-10-14-28/h7,18,20-23,30,32H,1,8-16H2,2-6H3/t18-,20-,21+,22-,23-,25-,26+,27-/m0/s1. The number of ether oxygens (including phenoxy) is 2. The lowest BCUT2D eigenvalue weighted by atomic mass is 9.41. The van der Waals surface area contributed by atoms with E-state index in [9.17, 15) is 19.8 Å². The predicted molar refractivity (Wildman–Crippen MR) is 128 cm³/mol. The predicted octanol–water partition coefficient (Wildman–Crippen LogP) is 2.87. The highest BCUT2D eigenvalue weighted by Gasteiger charge is 2.73. The van der Waals surface area contributed by atoms with Crippen molar-refractivity contribution in [2.45, 2.75) is 103 Å². The van der Waals surface area contributed by atoms with Crippen LogP contribution in [0, 0.1) is 22.7 Å². The van der Waals surface area contributed by atoms with Gasteiger partial charge in [-0.3, -0.25) is 14.5 Å². The highest BCUT2D eigenvalue weighted by Crippen LogP contribution is 2.65. The molecule has 192 valence electrons. The molecule has 4 rings (SSSR count). The molecule has 0 amide bonds. The van der Waals surface area contributed by atoms with Crippen LogP contribution in [0.4, 0.5) is 0 Å². The molecule has 2 N–H and O–H groups in total. The minimum absolute atomic E-state index is 0.0439. The van der Waals surface area contributed by atoms with Crippen LogP contribution in [-0.4, -0.2) is 76.0 Å². The van der Waals surface area contributed by atoms with Crippen LogP contribution in [0.25, 0.3) is 0 Å². The SMILES string of the molecule is C=C[C@@]1(C)CC(=O)[C@H]2[C@](C)(O1)[C@@H](O)[C@@H](OC(=O)CN1CCCCC1)[C@H]1C(C)(C)CC[C@H](O)[C@@]12C. The fraction of sp³-hybridized carbons (Fsp3) is 0.852. The molecule has 0 bridgehead atoms. The molecule has 0 unspecified atom stereocenters. The zero-order valence-electron chi connectivity index (χ0n) is 21.5. The number of aliphatic hydroxyl groups excluding tert-OH is 2. The molecule has 8 atom stereocenters. The first-order valence-corrected chi connectivity index (χ1v) is 12.9. The summed E-state index contributed by atoms with van der Waals surface area (Å²) in [6.45, 7) is 15.4. The molecular formula is C27H43NO6. The monoisotopic (exact) mass is 477 g/mol. The van der Waals surface area contributed by atoms with Gasteiger partial charge in [-0.15, -0.1) is 6.58 Å². The van der Waals surface area contributed by atoms with E-state index in [0.29, 0.717) is 12.8 Å². The lowest BCUT2D eigenvalue weighted by molar-refractivity contribution is -0.320. The Hall–Kier alpha value is -1.28. The molecule has 0 aromatic rings. The van der Waals surface area contributed by atoms with E-state index in [-0.39, 0.29) is 30.1 Å². The van der Waals surface area contributed by atoms with E-state index in [1.54, 1.807) is 19.9 Å². The van der Waals surface area contributed by atoms with Gasteiger partial charge < -0.3 is 19.7 Å². The van der Waals surface area contributed by atoms with E-state index in [1.165, 1.54) is 6.42 Å². The first kappa shape index (κ1) is 25.8. The molecule has 2 aliphatic carbocycles. The van der Waals surface area contributed by atoms with E-state index in [0.717, 1.165) is 25.9 Å². The molecule has 34 heavy (non-hydrogen) atoms. The Morgan fingerprint density at radius 3 is 2.44 bits per heavy atom. The third kappa shape index (κ3) is 3.97. The van der Waals surface area contributed by atoms with Gasteiger partial charge in [-0.1, -0.05) is 33.3 Å². The zero-order valence-corrected chi connectivity index (χ0v) is 21.5. The number of ketones is 1. The van der Waals surface area contributed by atoms with Crippen LogP contribution in [0.1, 0.15) is 73.1 Å². The molecule has 2 saturated carbocycles. The van der Waals surface area contributed by atoms with Gasteiger partial charge in [0.1, 0.15) is 23.6 Å². The van der Waals surface area contributed by atoms with Crippen LogP contribution in [0.5, 0.6) is 0 Å². The van der Waals surface area contributed by atoms with Crippen molar-refractivity contribution in [2.75, 3.05) is 19.6 Å². The summed E-state index contributed by atoms with van der Waals surface area (Å²) in [6, 6.07) is 0. The van der Waals surface area contributed by atoms with E-state index in [1.807, 2.05) is 6.92 Å². The summed E-state index contributed by atoms with van der Waals surface area (Å²) in [5.74, 6) is -1.54. The van der Waals surface area contributed by atoms with Crippen molar-refractivity contribution in [3.63, 3.8) is 0 Å². The van der Waals surface area contributed by atoms with Crippen molar-refractivity contribution in [1.82, 2.24) is 4.90 Å². The summed E-state index contributed by atoms with van der Waals surface area (Å²) in [6.07, 6.45) is 3.42. The molecule has 7 heteroatoms.